The lowest BCUT2D eigenvalue weighted by atomic mass is 9.60. The molecule has 2 aliphatic rings. The van der Waals surface area contributed by atoms with Crippen LogP contribution in [-0.2, 0) is 5.60 Å². The van der Waals surface area contributed by atoms with Gasteiger partial charge in [-0.1, -0.05) is 18.6 Å². The van der Waals surface area contributed by atoms with Gasteiger partial charge in [0.15, 0.2) is 0 Å². The van der Waals surface area contributed by atoms with Gasteiger partial charge in [-0.05, 0) is 55.7 Å². The van der Waals surface area contributed by atoms with Crippen molar-refractivity contribution in [3.8, 4) is 0 Å². The summed E-state index contributed by atoms with van der Waals surface area (Å²) >= 11 is 0. The predicted octanol–water partition coefficient (Wildman–Crippen LogP) is 2.80. The van der Waals surface area contributed by atoms with Gasteiger partial charge < -0.3 is 10.8 Å². The molecule has 104 valence electrons. The summed E-state index contributed by atoms with van der Waals surface area (Å²) in [5.74, 6) is 0.942. The molecular formula is C16H22FNO. The number of aliphatic hydroxyl groups is 1. The van der Waals surface area contributed by atoms with E-state index >= 15 is 0 Å². The highest BCUT2D eigenvalue weighted by Crippen LogP contribution is 2.62. The number of hydrogen-bond acceptors (Lipinski definition) is 2. The van der Waals surface area contributed by atoms with E-state index in [1.807, 2.05) is 6.92 Å². The molecule has 19 heavy (non-hydrogen) atoms. The smallest absolute Gasteiger partial charge is 0.123 e. The molecule has 3 rings (SSSR count). The summed E-state index contributed by atoms with van der Waals surface area (Å²) in [7, 11) is 0. The van der Waals surface area contributed by atoms with Gasteiger partial charge in [0.2, 0.25) is 0 Å². The molecule has 4 unspecified atom stereocenters. The van der Waals surface area contributed by atoms with Gasteiger partial charge in [0.05, 0.1) is 5.60 Å². The van der Waals surface area contributed by atoms with Crippen LogP contribution in [0.25, 0.3) is 0 Å². The molecule has 0 radical (unpaired) electrons. The van der Waals surface area contributed by atoms with Crippen molar-refractivity contribution in [3.05, 3.63) is 35.6 Å². The molecule has 1 aromatic carbocycles. The maximum Gasteiger partial charge on any atom is 0.123 e. The Hall–Kier alpha value is -0.930. The van der Waals surface area contributed by atoms with E-state index < -0.39 is 5.60 Å². The van der Waals surface area contributed by atoms with Gasteiger partial charge in [0, 0.05) is 12.0 Å². The van der Waals surface area contributed by atoms with E-state index in [-0.39, 0.29) is 11.2 Å². The van der Waals surface area contributed by atoms with Crippen LogP contribution in [0.15, 0.2) is 24.3 Å². The van der Waals surface area contributed by atoms with Crippen molar-refractivity contribution in [1.29, 1.82) is 0 Å². The van der Waals surface area contributed by atoms with Crippen molar-refractivity contribution < 1.29 is 9.50 Å². The molecule has 0 saturated heterocycles. The highest BCUT2D eigenvalue weighted by atomic mass is 19.1. The lowest BCUT2D eigenvalue weighted by Gasteiger charge is -2.48. The van der Waals surface area contributed by atoms with Gasteiger partial charge in [0.25, 0.3) is 0 Å². The molecule has 2 saturated carbocycles. The van der Waals surface area contributed by atoms with Crippen LogP contribution in [0, 0.1) is 23.1 Å². The third-order valence-electron chi connectivity index (χ3n) is 5.72. The Morgan fingerprint density at radius 2 is 2.05 bits per heavy atom. The number of benzene rings is 1. The Morgan fingerprint density at radius 3 is 2.53 bits per heavy atom. The molecule has 2 nitrogen and oxygen atoms in total. The summed E-state index contributed by atoms with van der Waals surface area (Å²) in [6.07, 6.45) is 4.62. The molecule has 0 aromatic heterocycles. The minimum absolute atomic E-state index is 0.242. The van der Waals surface area contributed by atoms with Gasteiger partial charge in [-0.3, -0.25) is 0 Å². The first kappa shape index (κ1) is 13.1. The maximum absolute atomic E-state index is 13.1. The van der Waals surface area contributed by atoms with E-state index in [0.29, 0.717) is 18.4 Å². The zero-order valence-electron chi connectivity index (χ0n) is 11.4. The van der Waals surface area contributed by atoms with E-state index in [4.69, 9.17) is 5.73 Å². The first-order valence-corrected chi connectivity index (χ1v) is 7.18. The zero-order chi connectivity index (χ0) is 13.7. The predicted molar refractivity (Wildman–Crippen MR) is 72.9 cm³/mol. The standard InChI is InChI=1S/C16H22FNO/c1-15(19,12-4-6-14(17)7-5-12)16(10-18)9-11-2-3-13(16)8-11/h4-7,11,13,19H,2-3,8-10,18H2,1H3. The quantitative estimate of drug-likeness (QED) is 0.881. The second-order valence-electron chi connectivity index (χ2n) is 6.52. The van der Waals surface area contributed by atoms with Gasteiger partial charge in [0.1, 0.15) is 5.82 Å². The highest BCUT2D eigenvalue weighted by Gasteiger charge is 2.59. The topological polar surface area (TPSA) is 46.2 Å². The largest absolute Gasteiger partial charge is 0.385 e. The summed E-state index contributed by atoms with van der Waals surface area (Å²) in [5.41, 5.74) is 5.64. The van der Waals surface area contributed by atoms with Crippen molar-refractivity contribution in [2.75, 3.05) is 6.54 Å². The lowest BCUT2D eigenvalue weighted by Crippen LogP contribution is -2.51. The summed E-state index contributed by atoms with van der Waals surface area (Å²) in [4.78, 5) is 0. The Morgan fingerprint density at radius 1 is 1.37 bits per heavy atom. The fraction of sp³-hybridized carbons (Fsp3) is 0.625. The van der Waals surface area contributed by atoms with E-state index in [1.54, 1.807) is 12.1 Å². The second kappa shape index (κ2) is 4.29. The summed E-state index contributed by atoms with van der Waals surface area (Å²) in [5, 5.41) is 11.1. The van der Waals surface area contributed by atoms with Crippen LogP contribution in [0.4, 0.5) is 4.39 Å². The van der Waals surface area contributed by atoms with E-state index in [1.165, 1.54) is 31.4 Å². The average Bonchev–Trinajstić information content (AvgIpc) is 3.00. The SMILES string of the molecule is CC(O)(c1ccc(F)cc1)C1(CN)CC2CCC1C2. The van der Waals surface area contributed by atoms with Crippen LogP contribution >= 0.6 is 0 Å². The molecule has 0 amide bonds. The molecule has 0 aliphatic heterocycles. The van der Waals surface area contributed by atoms with E-state index in [2.05, 4.69) is 0 Å². The van der Waals surface area contributed by atoms with E-state index in [0.717, 1.165) is 12.0 Å². The fourth-order valence-corrected chi connectivity index (χ4v) is 4.55. The van der Waals surface area contributed by atoms with Crippen LogP contribution < -0.4 is 5.73 Å². The van der Waals surface area contributed by atoms with Crippen molar-refractivity contribution >= 4 is 0 Å². The first-order chi connectivity index (χ1) is 8.99. The van der Waals surface area contributed by atoms with Gasteiger partial charge in [-0.2, -0.15) is 0 Å². The fourth-order valence-electron chi connectivity index (χ4n) is 4.55. The average molecular weight is 263 g/mol. The zero-order valence-corrected chi connectivity index (χ0v) is 11.4. The Labute approximate surface area is 113 Å². The molecule has 0 spiro atoms. The Bertz CT molecular complexity index is 470. The van der Waals surface area contributed by atoms with E-state index in [9.17, 15) is 9.50 Å². The summed E-state index contributed by atoms with van der Waals surface area (Å²) in [6.45, 7) is 2.35. The van der Waals surface area contributed by atoms with Gasteiger partial charge in [-0.15, -0.1) is 0 Å². The molecule has 2 bridgehead atoms. The van der Waals surface area contributed by atoms with Crippen molar-refractivity contribution in [3.63, 3.8) is 0 Å². The van der Waals surface area contributed by atoms with Crippen molar-refractivity contribution in [1.82, 2.24) is 0 Å². The van der Waals surface area contributed by atoms with Gasteiger partial charge in [-0.25, -0.2) is 4.39 Å². The van der Waals surface area contributed by atoms with Crippen LogP contribution in [0.3, 0.4) is 0 Å². The van der Waals surface area contributed by atoms with Crippen molar-refractivity contribution in [2.24, 2.45) is 23.0 Å². The third kappa shape index (κ3) is 1.75. The Balaban J connectivity index is 2.00. The molecule has 4 atom stereocenters. The number of nitrogens with two attached hydrogens (primary N) is 1. The normalized spacial score (nSPS) is 36.4. The van der Waals surface area contributed by atoms with Crippen LogP contribution in [0.5, 0.6) is 0 Å². The minimum atomic E-state index is -0.977. The number of hydrogen-bond donors (Lipinski definition) is 2. The van der Waals surface area contributed by atoms with Crippen molar-refractivity contribution in [2.45, 2.75) is 38.2 Å². The monoisotopic (exact) mass is 263 g/mol. The Kier molecular flexibility index (Phi) is 2.95. The summed E-state index contributed by atoms with van der Waals surface area (Å²) < 4.78 is 13.1. The molecule has 3 N–H and O–H groups in total. The number of halogens is 1. The molecule has 3 heteroatoms. The molecular weight excluding hydrogens is 241 g/mol. The van der Waals surface area contributed by atoms with Crippen LogP contribution in [0.2, 0.25) is 0 Å². The van der Waals surface area contributed by atoms with Crippen LogP contribution in [-0.4, -0.2) is 11.7 Å². The maximum atomic E-state index is 13.1. The highest BCUT2D eigenvalue weighted by molar-refractivity contribution is 5.27. The molecule has 2 aliphatic carbocycles. The number of rotatable bonds is 3. The molecule has 2 fully saturated rings. The number of fused-ring (bicyclic) bond motifs is 2. The van der Waals surface area contributed by atoms with Crippen LogP contribution in [0.1, 0.15) is 38.2 Å². The minimum Gasteiger partial charge on any atom is -0.385 e. The molecule has 0 heterocycles. The third-order valence-corrected chi connectivity index (χ3v) is 5.72. The lowest BCUT2D eigenvalue weighted by molar-refractivity contribution is -0.103. The van der Waals surface area contributed by atoms with Gasteiger partial charge >= 0.3 is 0 Å². The molecule has 1 aromatic rings. The first-order valence-electron chi connectivity index (χ1n) is 7.18. The second-order valence-corrected chi connectivity index (χ2v) is 6.52. The summed E-state index contributed by atoms with van der Waals surface area (Å²) in [6, 6.07) is 6.22.